The molecular weight excluding hydrogens is 248 g/mol. The Morgan fingerprint density at radius 2 is 1.26 bits per heavy atom. The van der Waals surface area contributed by atoms with Gasteiger partial charge < -0.3 is 0 Å². The zero-order valence-electron chi connectivity index (χ0n) is 10.7. The highest BCUT2D eigenvalue weighted by atomic mass is 32.2. The molecule has 0 aromatic heterocycles. The minimum atomic E-state index is 1.22. The first-order chi connectivity index (χ1) is 9.45. The van der Waals surface area contributed by atoms with Crippen LogP contribution in [0, 0.1) is 0 Å². The second kappa shape index (κ2) is 8.17. The lowest BCUT2D eigenvalue weighted by molar-refractivity contribution is 1.47. The first-order valence-corrected chi connectivity index (χ1v) is 7.22. The lowest BCUT2D eigenvalue weighted by Gasteiger charge is -1.87. The van der Waals surface area contributed by atoms with Crippen molar-refractivity contribution in [3.63, 3.8) is 0 Å². The molecule has 0 nitrogen and oxygen atoms in total. The molecule has 0 aliphatic carbocycles. The maximum atomic E-state index is 2.14. The summed E-state index contributed by atoms with van der Waals surface area (Å²) in [5.74, 6) is 0. The fourth-order valence-electron chi connectivity index (χ4n) is 1.55. The minimum Gasteiger partial charge on any atom is -0.0622 e. The van der Waals surface area contributed by atoms with Gasteiger partial charge in [-0.25, -0.2) is 0 Å². The molecule has 1 heteroatoms. The van der Waals surface area contributed by atoms with Crippen molar-refractivity contribution >= 4 is 17.8 Å². The van der Waals surface area contributed by atoms with Crippen molar-refractivity contribution in [1.29, 1.82) is 0 Å². The van der Waals surface area contributed by atoms with E-state index in [1.807, 2.05) is 30.3 Å². The highest BCUT2D eigenvalue weighted by Crippen LogP contribution is 2.03. The normalized spacial score (nSPS) is 11.8. The number of rotatable bonds is 5. The van der Waals surface area contributed by atoms with Crippen LogP contribution < -0.4 is 0 Å². The van der Waals surface area contributed by atoms with E-state index >= 15 is 0 Å². The van der Waals surface area contributed by atoms with Crippen LogP contribution in [0.1, 0.15) is 5.56 Å². The fraction of sp³-hybridized carbons (Fsp3) is 0. The van der Waals surface area contributed by atoms with Gasteiger partial charge in [0.25, 0.3) is 0 Å². The van der Waals surface area contributed by atoms with Gasteiger partial charge in [-0.2, -0.15) is 0 Å². The van der Waals surface area contributed by atoms with Crippen molar-refractivity contribution in [2.75, 3.05) is 0 Å². The molecule has 0 fully saturated rings. The van der Waals surface area contributed by atoms with Crippen molar-refractivity contribution in [3.8, 4) is 0 Å². The van der Waals surface area contributed by atoms with E-state index in [9.17, 15) is 0 Å². The van der Waals surface area contributed by atoms with E-state index in [-0.39, 0.29) is 0 Å². The van der Waals surface area contributed by atoms with Crippen LogP contribution in [0.5, 0.6) is 0 Å². The van der Waals surface area contributed by atoms with Crippen LogP contribution in [-0.2, 0) is 11.8 Å². The topological polar surface area (TPSA) is 0 Å². The highest BCUT2D eigenvalue weighted by Gasteiger charge is 1.94. The molecule has 0 spiro atoms. The zero-order valence-corrected chi connectivity index (χ0v) is 11.6. The van der Waals surface area contributed by atoms with E-state index in [1.54, 1.807) is 0 Å². The van der Waals surface area contributed by atoms with E-state index in [0.29, 0.717) is 0 Å². The Balaban J connectivity index is 1.76. The molecule has 94 valence electrons. The largest absolute Gasteiger partial charge is 0.157 e. The molecule has 19 heavy (non-hydrogen) atoms. The summed E-state index contributed by atoms with van der Waals surface area (Å²) >= 11 is 1.23. The van der Waals surface area contributed by atoms with E-state index in [0.717, 1.165) is 0 Å². The Morgan fingerprint density at radius 3 is 2.00 bits per heavy atom. The second-order valence-electron chi connectivity index (χ2n) is 3.96. The van der Waals surface area contributed by atoms with Crippen LogP contribution in [0.4, 0.5) is 0 Å². The lowest BCUT2D eigenvalue weighted by Crippen LogP contribution is -1.74. The Kier molecular flexibility index (Phi) is 5.78. The van der Waals surface area contributed by atoms with E-state index in [1.165, 1.54) is 22.2 Å². The Hall–Kier alpha value is -1.99. The Bertz CT molecular complexity index is 551. The summed E-state index contributed by atoms with van der Waals surface area (Å²) in [5.41, 5.74) is 1.22. The van der Waals surface area contributed by atoms with Gasteiger partial charge in [0.05, 0.1) is 0 Å². The summed E-state index contributed by atoms with van der Waals surface area (Å²) in [4.78, 5) is 1.31. The SMILES string of the molecule is C(/C=C\c1ccccc1)=C/C=C/[SH+]c1ccccc1. The number of hydrogen-bond acceptors (Lipinski definition) is 0. The summed E-state index contributed by atoms with van der Waals surface area (Å²) in [6.07, 6.45) is 10.3. The van der Waals surface area contributed by atoms with Crippen LogP contribution in [-0.4, -0.2) is 0 Å². The third kappa shape index (κ3) is 5.45. The Morgan fingerprint density at radius 1 is 0.632 bits per heavy atom. The quantitative estimate of drug-likeness (QED) is 0.419. The molecule has 0 aliphatic heterocycles. The van der Waals surface area contributed by atoms with E-state index in [4.69, 9.17) is 0 Å². The van der Waals surface area contributed by atoms with Gasteiger partial charge in [-0.15, -0.1) is 0 Å². The van der Waals surface area contributed by atoms with Gasteiger partial charge >= 0.3 is 0 Å². The summed E-state index contributed by atoms with van der Waals surface area (Å²) < 4.78 is 0. The lowest BCUT2D eigenvalue weighted by atomic mass is 10.2. The number of hydrogen-bond donors (Lipinski definition) is 0. The van der Waals surface area contributed by atoms with Crippen molar-refractivity contribution in [2.45, 2.75) is 4.90 Å². The van der Waals surface area contributed by atoms with Crippen LogP contribution in [0.3, 0.4) is 0 Å². The molecule has 0 saturated carbocycles. The van der Waals surface area contributed by atoms with Gasteiger partial charge in [0.2, 0.25) is 0 Å². The molecular formula is C18H17S+. The van der Waals surface area contributed by atoms with Crippen LogP contribution in [0.2, 0.25) is 0 Å². The fourth-order valence-corrected chi connectivity index (χ4v) is 2.25. The summed E-state index contributed by atoms with van der Waals surface area (Å²) in [7, 11) is 0. The molecule has 2 rings (SSSR count). The summed E-state index contributed by atoms with van der Waals surface area (Å²) in [5, 5.41) is 2.14. The summed E-state index contributed by atoms with van der Waals surface area (Å²) in [6.45, 7) is 0. The van der Waals surface area contributed by atoms with E-state index < -0.39 is 0 Å². The smallest absolute Gasteiger partial charge is 0.0622 e. The molecule has 2 aromatic carbocycles. The predicted molar refractivity (Wildman–Crippen MR) is 87.2 cm³/mol. The van der Waals surface area contributed by atoms with Gasteiger partial charge in [-0.1, -0.05) is 72.8 Å². The third-order valence-corrected chi connectivity index (χ3v) is 3.40. The van der Waals surface area contributed by atoms with Crippen molar-refractivity contribution < 1.29 is 0 Å². The summed E-state index contributed by atoms with van der Waals surface area (Å²) in [6, 6.07) is 20.7. The standard InChI is InChI=1S/C18H16S/c1(5-11-17-12-6-3-7-13-17)2-10-16-19-18-14-8-4-9-15-18/h1-16H/p+1/b2-1-,11-5-,16-10+. The number of benzene rings is 2. The number of thiol groups is 1. The highest BCUT2D eigenvalue weighted by molar-refractivity contribution is 7.81. The van der Waals surface area contributed by atoms with Crippen molar-refractivity contribution in [3.05, 3.63) is 95.9 Å². The van der Waals surface area contributed by atoms with Crippen LogP contribution >= 0.6 is 0 Å². The maximum Gasteiger partial charge on any atom is 0.157 e. The molecule has 0 saturated heterocycles. The van der Waals surface area contributed by atoms with Gasteiger partial charge in [0, 0.05) is 11.8 Å². The minimum absolute atomic E-state index is 1.22. The first kappa shape index (κ1) is 13.4. The molecule has 0 aliphatic rings. The monoisotopic (exact) mass is 265 g/mol. The maximum absolute atomic E-state index is 2.14. The van der Waals surface area contributed by atoms with E-state index in [2.05, 4.69) is 66.1 Å². The number of allylic oxidation sites excluding steroid dienone is 4. The molecule has 0 heterocycles. The van der Waals surface area contributed by atoms with Gasteiger partial charge in [-0.05, 0) is 23.8 Å². The molecule has 0 N–H and O–H groups in total. The van der Waals surface area contributed by atoms with Gasteiger partial charge in [0.1, 0.15) is 5.41 Å². The van der Waals surface area contributed by atoms with Crippen LogP contribution in [0.15, 0.2) is 95.3 Å². The molecule has 0 radical (unpaired) electrons. The van der Waals surface area contributed by atoms with Crippen molar-refractivity contribution in [2.24, 2.45) is 0 Å². The van der Waals surface area contributed by atoms with Gasteiger partial charge in [-0.3, -0.25) is 0 Å². The van der Waals surface area contributed by atoms with Crippen molar-refractivity contribution in [1.82, 2.24) is 0 Å². The average molecular weight is 265 g/mol. The second-order valence-corrected chi connectivity index (χ2v) is 5.03. The van der Waals surface area contributed by atoms with Gasteiger partial charge in [0.15, 0.2) is 4.90 Å². The molecule has 0 amide bonds. The molecule has 2 aromatic rings. The average Bonchev–Trinajstić information content (AvgIpc) is 2.48. The molecule has 0 bridgehead atoms. The molecule has 0 unspecified atom stereocenters. The van der Waals surface area contributed by atoms with Crippen LogP contribution in [0.25, 0.3) is 6.08 Å². The predicted octanol–water partition coefficient (Wildman–Crippen LogP) is 4.64. The molecule has 0 atom stereocenters. The first-order valence-electron chi connectivity index (χ1n) is 6.26. The third-order valence-electron chi connectivity index (χ3n) is 2.49. The Labute approximate surface area is 119 Å². The zero-order chi connectivity index (χ0) is 13.2.